The molecular weight excluding hydrogens is 415 g/mol. The van der Waals surface area contributed by atoms with Gasteiger partial charge in [-0.15, -0.1) is 0 Å². The molecule has 0 saturated carbocycles. The van der Waals surface area contributed by atoms with Crippen molar-refractivity contribution in [3.8, 4) is 0 Å². The minimum atomic E-state index is -3.77. The smallest absolute Gasteiger partial charge is 0.243 e. The van der Waals surface area contributed by atoms with E-state index in [0.29, 0.717) is 19.4 Å². The molecular formula is C24H25FN2O3S. The van der Waals surface area contributed by atoms with Crippen LogP contribution in [0.5, 0.6) is 0 Å². The first kappa shape index (κ1) is 21.5. The van der Waals surface area contributed by atoms with Crippen LogP contribution in [0.25, 0.3) is 10.8 Å². The number of amides is 1. The number of hydrogen-bond donors (Lipinski definition) is 1. The summed E-state index contributed by atoms with van der Waals surface area (Å²) in [5.41, 5.74) is 1.03. The zero-order chi connectivity index (χ0) is 22.0. The van der Waals surface area contributed by atoms with Gasteiger partial charge in [0.1, 0.15) is 5.82 Å². The summed E-state index contributed by atoms with van der Waals surface area (Å²) in [4.78, 5) is 13.0. The fourth-order valence-corrected chi connectivity index (χ4v) is 5.69. The lowest BCUT2D eigenvalue weighted by molar-refractivity contribution is -0.126. The number of hydrogen-bond acceptors (Lipinski definition) is 3. The van der Waals surface area contributed by atoms with Gasteiger partial charge in [-0.3, -0.25) is 4.79 Å². The molecule has 0 aromatic heterocycles. The van der Waals surface area contributed by atoms with Crippen LogP contribution in [0.3, 0.4) is 0 Å². The normalized spacial score (nSPS) is 18.6. The van der Waals surface area contributed by atoms with Crippen LogP contribution >= 0.6 is 0 Å². The first-order valence-corrected chi connectivity index (χ1v) is 11.8. The summed E-state index contributed by atoms with van der Waals surface area (Å²) in [5, 5.41) is 5.26. The van der Waals surface area contributed by atoms with E-state index < -0.39 is 21.8 Å². The summed E-state index contributed by atoms with van der Waals surface area (Å²) < 4.78 is 40.4. The Morgan fingerprint density at radius 1 is 1.06 bits per heavy atom. The minimum Gasteiger partial charge on any atom is -0.349 e. The number of piperidine rings is 1. The van der Waals surface area contributed by atoms with E-state index in [1.807, 2.05) is 49.4 Å². The molecule has 1 N–H and O–H groups in total. The van der Waals surface area contributed by atoms with E-state index in [4.69, 9.17) is 0 Å². The molecule has 0 spiro atoms. The maximum absolute atomic E-state index is 13.2. The van der Waals surface area contributed by atoms with Gasteiger partial charge in [-0.1, -0.05) is 42.5 Å². The number of benzene rings is 3. The molecule has 5 nitrogen and oxygen atoms in total. The maximum Gasteiger partial charge on any atom is 0.243 e. The van der Waals surface area contributed by atoms with Gasteiger partial charge >= 0.3 is 0 Å². The van der Waals surface area contributed by atoms with Crippen molar-refractivity contribution in [1.82, 2.24) is 9.62 Å². The van der Waals surface area contributed by atoms with E-state index in [2.05, 4.69) is 5.32 Å². The van der Waals surface area contributed by atoms with Gasteiger partial charge in [-0.25, -0.2) is 12.8 Å². The molecule has 0 radical (unpaired) electrons. The van der Waals surface area contributed by atoms with Crippen LogP contribution < -0.4 is 5.32 Å². The van der Waals surface area contributed by atoms with E-state index in [9.17, 15) is 17.6 Å². The molecule has 3 aromatic rings. The van der Waals surface area contributed by atoms with E-state index in [1.54, 1.807) is 0 Å². The van der Waals surface area contributed by atoms with Gasteiger partial charge in [0.2, 0.25) is 15.9 Å². The van der Waals surface area contributed by atoms with Crippen molar-refractivity contribution >= 4 is 26.7 Å². The van der Waals surface area contributed by atoms with Crippen molar-refractivity contribution in [2.24, 2.45) is 5.92 Å². The molecule has 7 heteroatoms. The molecule has 2 atom stereocenters. The largest absolute Gasteiger partial charge is 0.349 e. The number of rotatable bonds is 5. The minimum absolute atomic E-state index is 0.0408. The van der Waals surface area contributed by atoms with Crippen LogP contribution in [0, 0.1) is 11.7 Å². The van der Waals surface area contributed by atoms with E-state index in [-0.39, 0.29) is 23.4 Å². The van der Waals surface area contributed by atoms with Crippen molar-refractivity contribution < 1.29 is 17.6 Å². The fourth-order valence-electron chi connectivity index (χ4n) is 4.17. The Morgan fingerprint density at radius 3 is 2.55 bits per heavy atom. The number of halogens is 1. The average Bonchev–Trinajstić information content (AvgIpc) is 2.79. The van der Waals surface area contributed by atoms with Crippen LogP contribution in [-0.2, 0) is 14.8 Å². The summed E-state index contributed by atoms with van der Waals surface area (Å²) in [6.45, 7) is 2.41. The first-order chi connectivity index (χ1) is 14.9. The van der Waals surface area contributed by atoms with Crippen molar-refractivity contribution in [2.45, 2.75) is 30.7 Å². The molecule has 1 aliphatic heterocycles. The highest BCUT2D eigenvalue weighted by atomic mass is 32.2. The fraction of sp³-hybridized carbons (Fsp3) is 0.292. The molecule has 3 aromatic carbocycles. The van der Waals surface area contributed by atoms with Crippen LogP contribution in [0.1, 0.15) is 31.4 Å². The summed E-state index contributed by atoms with van der Waals surface area (Å²) in [6.07, 6.45) is 1.23. The van der Waals surface area contributed by atoms with Crippen LogP contribution in [0.2, 0.25) is 0 Å². The Morgan fingerprint density at radius 2 is 1.77 bits per heavy atom. The zero-order valence-electron chi connectivity index (χ0n) is 17.3. The molecule has 1 saturated heterocycles. The highest BCUT2D eigenvalue weighted by molar-refractivity contribution is 7.89. The summed E-state index contributed by atoms with van der Waals surface area (Å²) in [6, 6.07) is 18.6. The monoisotopic (exact) mass is 440 g/mol. The molecule has 1 aliphatic rings. The molecule has 1 heterocycles. The third-order valence-electron chi connectivity index (χ3n) is 5.85. The summed E-state index contributed by atoms with van der Waals surface area (Å²) in [7, 11) is -3.77. The number of sulfonamides is 1. The molecule has 4 rings (SSSR count). The lowest BCUT2D eigenvalue weighted by Crippen LogP contribution is -2.45. The van der Waals surface area contributed by atoms with Gasteiger partial charge in [0.25, 0.3) is 0 Å². The lowest BCUT2D eigenvalue weighted by atomic mass is 9.96. The molecule has 0 bridgehead atoms. The van der Waals surface area contributed by atoms with E-state index >= 15 is 0 Å². The summed E-state index contributed by atoms with van der Waals surface area (Å²) >= 11 is 0. The molecule has 1 amide bonds. The molecule has 31 heavy (non-hydrogen) atoms. The van der Waals surface area contributed by atoms with Crippen molar-refractivity contribution in [3.05, 3.63) is 78.1 Å². The SMILES string of the molecule is CC(NC(=O)C1CCCN(S(=O)(=O)c2ccc(F)cc2)C1)c1cccc2ccccc12. The maximum atomic E-state index is 13.2. The number of nitrogens with one attached hydrogen (secondary N) is 1. The molecule has 0 aliphatic carbocycles. The van der Waals surface area contributed by atoms with E-state index in [0.717, 1.165) is 28.5 Å². The molecule has 2 unspecified atom stereocenters. The van der Waals surface area contributed by atoms with E-state index in [1.165, 1.54) is 16.4 Å². The predicted octanol–water partition coefficient (Wildman–Crippen LogP) is 4.26. The summed E-state index contributed by atoms with van der Waals surface area (Å²) in [5.74, 6) is -1.07. The second-order valence-electron chi connectivity index (χ2n) is 7.95. The second-order valence-corrected chi connectivity index (χ2v) is 9.89. The number of carbonyl (C=O) groups is 1. The van der Waals surface area contributed by atoms with Gasteiger partial charge < -0.3 is 5.32 Å². The Bertz CT molecular complexity index is 1190. The predicted molar refractivity (Wildman–Crippen MR) is 118 cm³/mol. The van der Waals surface area contributed by atoms with Gasteiger partial charge in [-0.2, -0.15) is 4.31 Å². The Kier molecular flexibility index (Phi) is 6.07. The van der Waals surface area contributed by atoms with Crippen molar-refractivity contribution in [1.29, 1.82) is 0 Å². The van der Waals surface area contributed by atoms with Crippen molar-refractivity contribution in [2.75, 3.05) is 13.1 Å². The quantitative estimate of drug-likeness (QED) is 0.645. The number of nitrogens with zero attached hydrogens (tertiary/aromatic N) is 1. The Labute approximate surface area is 181 Å². The van der Waals surface area contributed by atoms with Gasteiger partial charge in [0.05, 0.1) is 16.9 Å². The third kappa shape index (κ3) is 4.48. The zero-order valence-corrected chi connectivity index (χ0v) is 18.1. The van der Waals surface area contributed by atoms with Crippen molar-refractivity contribution in [3.63, 3.8) is 0 Å². The Balaban J connectivity index is 1.48. The molecule has 1 fully saturated rings. The second kappa shape index (κ2) is 8.77. The lowest BCUT2D eigenvalue weighted by Gasteiger charge is -2.32. The van der Waals surface area contributed by atoms with Gasteiger partial charge in [-0.05, 0) is 60.4 Å². The topological polar surface area (TPSA) is 66.5 Å². The average molecular weight is 441 g/mol. The number of carbonyl (C=O) groups excluding carboxylic acids is 1. The van der Waals surface area contributed by atoms with Crippen LogP contribution in [-0.4, -0.2) is 31.7 Å². The number of fused-ring (bicyclic) bond motifs is 1. The van der Waals surface area contributed by atoms with Gasteiger partial charge in [0.15, 0.2) is 0 Å². The van der Waals surface area contributed by atoms with Crippen LogP contribution in [0.4, 0.5) is 4.39 Å². The highest BCUT2D eigenvalue weighted by Gasteiger charge is 2.33. The van der Waals surface area contributed by atoms with Gasteiger partial charge in [0, 0.05) is 13.1 Å². The molecule has 162 valence electrons. The Hall–Kier alpha value is -2.77. The van der Waals surface area contributed by atoms with Crippen LogP contribution in [0.15, 0.2) is 71.6 Å². The first-order valence-electron chi connectivity index (χ1n) is 10.4. The third-order valence-corrected chi connectivity index (χ3v) is 7.73. The standard InChI is InChI=1S/C24H25FN2O3S/c1-17(22-10-4-7-18-6-2-3-9-23(18)22)26-24(28)19-8-5-15-27(16-19)31(29,30)21-13-11-20(25)12-14-21/h2-4,6-7,9-14,17,19H,5,8,15-16H2,1H3,(H,26,28). The highest BCUT2D eigenvalue weighted by Crippen LogP contribution is 2.27.